The Morgan fingerprint density at radius 1 is 1.24 bits per heavy atom. The normalized spacial score (nSPS) is 20.5. The van der Waals surface area contributed by atoms with E-state index in [1.807, 2.05) is 13.8 Å². The Hall–Kier alpha value is -1.07. The summed E-state index contributed by atoms with van der Waals surface area (Å²) in [5, 5.41) is 0. The number of nitrogens with zero attached hydrogens (tertiary/aromatic N) is 1. The maximum absolute atomic E-state index is 13.1. The lowest BCUT2D eigenvalue weighted by Gasteiger charge is -2.34. The summed E-state index contributed by atoms with van der Waals surface area (Å²) in [5.41, 5.74) is 1.51. The van der Waals surface area contributed by atoms with Crippen LogP contribution in [0, 0.1) is 13.8 Å². The molecule has 0 radical (unpaired) electrons. The number of rotatable bonds is 4. The zero-order valence-electron chi connectivity index (χ0n) is 13.3. The smallest absolute Gasteiger partial charge is 0.243 e. The van der Waals surface area contributed by atoms with Gasteiger partial charge in [-0.3, -0.25) is 0 Å². The van der Waals surface area contributed by atoms with Crippen molar-refractivity contribution in [3.8, 4) is 5.75 Å². The molecule has 118 valence electrons. The Labute approximate surface area is 128 Å². The number of methoxy groups -OCH3 is 1. The molecule has 0 N–H and O–H groups in total. The average Bonchev–Trinajstić information content (AvgIpc) is 2.46. The molecule has 1 heterocycles. The summed E-state index contributed by atoms with van der Waals surface area (Å²) >= 11 is 0. The van der Waals surface area contributed by atoms with Crippen molar-refractivity contribution < 1.29 is 13.2 Å². The van der Waals surface area contributed by atoms with Crippen molar-refractivity contribution in [1.82, 2.24) is 4.31 Å². The molecule has 2 rings (SSSR count). The predicted molar refractivity (Wildman–Crippen MR) is 84.3 cm³/mol. The highest BCUT2D eigenvalue weighted by molar-refractivity contribution is 7.89. The van der Waals surface area contributed by atoms with Gasteiger partial charge >= 0.3 is 0 Å². The Morgan fingerprint density at radius 2 is 1.86 bits per heavy atom. The molecule has 4 nitrogen and oxygen atoms in total. The first-order valence-corrected chi connectivity index (χ1v) is 9.03. The second kappa shape index (κ2) is 6.36. The number of hydrogen-bond acceptors (Lipinski definition) is 3. The maximum atomic E-state index is 13.1. The van der Waals surface area contributed by atoms with Crippen LogP contribution in [0.3, 0.4) is 0 Å². The van der Waals surface area contributed by atoms with E-state index in [2.05, 4.69) is 6.92 Å². The molecular weight excluding hydrogens is 286 g/mol. The summed E-state index contributed by atoms with van der Waals surface area (Å²) in [6, 6.07) is 3.72. The van der Waals surface area contributed by atoms with Crippen LogP contribution in [0.1, 0.15) is 43.7 Å². The third-order valence-electron chi connectivity index (χ3n) is 4.28. The van der Waals surface area contributed by atoms with Gasteiger partial charge in [-0.1, -0.05) is 13.3 Å². The molecule has 0 amide bonds. The van der Waals surface area contributed by atoms with E-state index >= 15 is 0 Å². The van der Waals surface area contributed by atoms with Crippen LogP contribution in [0.4, 0.5) is 0 Å². The fraction of sp³-hybridized carbons (Fsp3) is 0.625. The van der Waals surface area contributed by atoms with E-state index in [9.17, 15) is 8.42 Å². The lowest BCUT2D eigenvalue weighted by atomic mass is 10.0. The summed E-state index contributed by atoms with van der Waals surface area (Å²) in [6.07, 6.45) is 3.90. The zero-order chi connectivity index (χ0) is 15.6. The maximum Gasteiger partial charge on any atom is 0.243 e. The average molecular weight is 311 g/mol. The summed E-state index contributed by atoms with van der Waals surface area (Å²) in [4.78, 5) is 0.448. The summed E-state index contributed by atoms with van der Waals surface area (Å²) < 4.78 is 33.1. The van der Waals surface area contributed by atoms with Crippen LogP contribution in [0.25, 0.3) is 0 Å². The van der Waals surface area contributed by atoms with Crippen molar-refractivity contribution in [3.63, 3.8) is 0 Å². The van der Waals surface area contributed by atoms with Gasteiger partial charge in [0.05, 0.1) is 12.0 Å². The molecule has 1 aromatic rings. The number of ether oxygens (including phenoxy) is 1. The minimum absolute atomic E-state index is 0.129. The van der Waals surface area contributed by atoms with Crippen LogP contribution < -0.4 is 4.74 Å². The summed E-state index contributed by atoms with van der Waals surface area (Å²) in [7, 11) is -1.83. The first-order chi connectivity index (χ1) is 9.91. The van der Waals surface area contributed by atoms with Crippen molar-refractivity contribution in [3.05, 3.63) is 23.3 Å². The zero-order valence-corrected chi connectivity index (χ0v) is 14.2. The molecule has 1 saturated heterocycles. The number of sulfonamides is 1. The molecule has 0 spiro atoms. The van der Waals surface area contributed by atoms with Crippen molar-refractivity contribution in [2.24, 2.45) is 0 Å². The van der Waals surface area contributed by atoms with Gasteiger partial charge in [-0.15, -0.1) is 0 Å². The third kappa shape index (κ3) is 3.09. The Bertz CT molecular complexity index is 587. The highest BCUT2D eigenvalue weighted by atomic mass is 32.2. The molecular formula is C16H25NO3S. The molecule has 1 aliphatic rings. The predicted octanol–water partition coefficient (Wildman–Crippen LogP) is 3.27. The molecule has 21 heavy (non-hydrogen) atoms. The van der Waals surface area contributed by atoms with Crippen LogP contribution in [-0.2, 0) is 10.0 Å². The molecule has 0 aromatic heterocycles. The van der Waals surface area contributed by atoms with Crippen LogP contribution in [0.15, 0.2) is 17.0 Å². The van der Waals surface area contributed by atoms with E-state index in [1.165, 1.54) is 0 Å². The first-order valence-electron chi connectivity index (χ1n) is 7.59. The Kier molecular flexibility index (Phi) is 4.94. The first kappa shape index (κ1) is 16.3. The Morgan fingerprint density at radius 3 is 2.38 bits per heavy atom. The number of benzene rings is 1. The number of aryl methyl sites for hydroxylation is 2. The van der Waals surface area contributed by atoms with E-state index in [-0.39, 0.29) is 6.04 Å². The van der Waals surface area contributed by atoms with E-state index in [0.29, 0.717) is 17.2 Å². The molecule has 1 unspecified atom stereocenters. The quantitative estimate of drug-likeness (QED) is 0.857. The monoisotopic (exact) mass is 311 g/mol. The molecule has 1 atom stereocenters. The molecule has 1 aliphatic heterocycles. The van der Waals surface area contributed by atoms with Crippen LogP contribution in [0.2, 0.25) is 0 Å². The van der Waals surface area contributed by atoms with Gasteiger partial charge in [-0.2, -0.15) is 4.31 Å². The minimum atomic E-state index is -3.43. The molecule has 0 aliphatic carbocycles. The third-order valence-corrected chi connectivity index (χ3v) is 6.54. The molecule has 0 bridgehead atoms. The van der Waals surface area contributed by atoms with E-state index < -0.39 is 10.0 Å². The van der Waals surface area contributed by atoms with Crippen molar-refractivity contribution >= 4 is 10.0 Å². The standard InChI is InChI=1S/C16H25NO3S/c1-5-14-8-6-7-9-17(14)21(18,19)16-12(2)10-15(20-4)11-13(16)3/h10-11,14H,5-9H2,1-4H3. The van der Waals surface area contributed by atoms with Gasteiger partial charge in [-0.25, -0.2) is 8.42 Å². The van der Waals surface area contributed by atoms with Gasteiger partial charge in [0.15, 0.2) is 0 Å². The molecule has 1 aromatic carbocycles. The molecule has 5 heteroatoms. The van der Waals surface area contributed by atoms with Gasteiger partial charge in [0, 0.05) is 12.6 Å². The lowest BCUT2D eigenvalue weighted by Crippen LogP contribution is -2.43. The van der Waals surface area contributed by atoms with Gasteiger partial charge in [-0.05, 0) is 56.4 Å². The van der Waals surface area contributed by atoms with Crippen molar-refractivity contribution in [2.45, 2.75) is 57.4 Å². The Balaban J connectivity index is 2.48. The number of piperidine rings is 1. The summed E-state index contributed by atoms with van der Waals surface area (Å²) in [5.74, 6) is 0.703. The minimum Gasteiger partial charge on any atom is -0.497 e. The topological polar surface area (TPSA) is 46.6 Å². The summed E-state index contributed by atoms with van der Waals surface area (Å²) in [6.45, 7) is 6.37. The van der Waals surface area contributed by atoms with Crippen LogP contribution in [0.5, 0.6) is 5.75 Å². The van der Waals surface area contributed by atoms with E-state index in [1.54, 1.807) is 23.5 Å². The van der Waals surface area contributed by atoms with E-state index in [4.69, 9.17) is 4.74 Å². The fourth-order valence-electron chi connectivity index (χ4n) is 3.25. The van der Waals surface area contributed by atoms with Crippen LogP contribution in [-0.4, -0.2) is 32.4 Å². The highest BCUT2D eigenvalue weighted by Gasteiger charge is 2.34. The fourth-order valence-corrected chi connectivity index (χ4v) is 5.43. The van der Waals surface area contributed by atoms with Crippen molar-refractivity contribution in [1.29, 1.82) is 0 Å². The second-order valence-corrected chi connectivity index (χ2v) is 7.59. The SMILES string of the molecule is CCC1CCCCN1S(=O)(=O)c1c(C)cc(OC)cc1C. The van der Waals surface area contributed by atoms with Gasteiger partial charge in [0.1, 0.15) is 5.75 Å². The highest BCUT2D eigenvalue weighted by Crippen LogP contribution is 2.32. The van der Waals surface area contributed by atoms with Gasteiger partial charge in [0.2, 0.25) is 10.0 Å². The second-order valence-electron chi connectivity index (χ2n) is 5.76. The number of hydrogen-bond donors (Lipinski definition) is 0. The molecule has 0 saturated carbocycles. The van der Waals surface area contributed by atoms with E-state index in [0.717, 1.165) is 36.8 Å². The largest absolute Gasteiger partial charge is 0.497 e. The molecule has 1 fully saturated rings. The van der Waals surface area contributed by atoms with Gasteiger partial charge < -0.3 is 4.74 Å². The van der Waals surface area contributed by atoms with Crippen molar-refractivity contribution in [2.75, 3.05) is 13.7 Å². The van der Waals surface area contributed by atoms with Gasteiger partial charge in [0.25, 0.3) is 0 Å². The van der Waals surface area contributed by atoms with Crippen LogP contribution >= 0.6 is 0 Å². The lowest BCUT2D eigenvalue weighted by molar-refractivity contribution is 0.246.